The Kier molecular flexibility index (Phi) is 3.47. The Morgan fingerprint density at radius 3 is 2.70 bits per heavy atom. The summed E-state index contributed by atoms with van der Waals surface area (Å²) in [6, 6.07) is 13.9. The normalized spacial score (nSPS) is 10.7. The molecule has 0 amide bonds. The van der Waals surface area contributed by atoms with Gasteiger partial charge in [0.2, 0.25) is 0 Å². The van der Waals surface area contributed by atoms with E-state index in [1.807, 2.05) is 29.6 Å². The van der Waals surface area contributed by atoms with Crippen molar-refractivity contribution in [3.63, 3.8) is 0 Å². The zero-order chi connectivity index (χ0) is 14.1. The molecule has 20 heavy (non-hydrogen) atoms. The second kappa shape index (κ2) is 5.27. The number of aryl methyl sites for hydroxylation is 1. The number of nitrogens with zero attached hydrogens (tertiary/aromatic N) is 1. The van der Waals surface area contributed by atoms with Crippen LogP contribution in [0.2, 0.25) is 5.02 Å². The van der Waals surface area contributed by atoms with Gasteiger partial charge in [-0.25, -0.2) is 4.98 Å². The molecule has 0 saturated carbocycles. The average molecular weight is 301 g/mol. The summed E-state index contributed by atoms with van der Waals surface area (Å²) in [4.78, 5) is 4.70. The summed E-state index contributed by atoms with van der Waals surface area (Å²) in [5.41, 5.74) is 10.7. The van der Waals surface area contributed by atoms with Crippen molar-refractivity contribution in [1.82, 2.24) is 4.98 Å². The number of thiazole rings is 1. The largest absolute Gasteiger partial charge is 0.398 e. The molecule has 0 spiro atoms. The quantitative estimate of drug-likeness (QED) is 0.675. The molecule has 1 heterocycles. The molecule has 0 aliphatic carbocycles. The molecule has 0 radical (unpaired) electrons. The van der Waals surface area contributed by atoms with E-state index < -0.39 is 0 Å². The maximum Gasteiger partial charge on any atom is 0.124 e. The third-order valence-electron chi connectivity index (χ3n) is 3.17. The van der Waals surface area contributed by atoms with Gasteiger partial charge in [-0.1, -0.05) is 41.9 Å². The fourth-order valence-electron chi connectivity index (χ4n) is 2.05. The van der Waals surface area contributed by atoms with Gasteiger partial charge in [-0.15, -0.1) is 11.3 Å². The van der Waals surface area contributed by atoms with Crippen LogP contribution in [0.1, 0.15) is 5.56 Å². The molecule has 2 nitrogen and oxygen atoms in total. The van der Waals surface area contributed by atoms with Crippen LogP contribution in [-0.4, -0.2) is 4.98 Å². The van der Waals surface area contributed by atoms with Crippen LogP contribution < -0.4 is 5.73 Å². The minimum Gasteiger partial charge on any atom is -0.398 e. The van der Waals surface area contributed by atoms with Crippen LogP contribution in [0.15, 0.2) is 47.8 Å². The molecule has 0 bridgehead atoms. The molecular weight excluding hydrogens is 288 g/mol. The predicted octanol–water partition coefficient (Wildman–Crippen LogP) is 5.02. The van der Waals surface area contributed by atoms with Crippen molar-refractivity contribution in [2.75, 3.05) is 5.73 Å². The highest BCUT2D eigenvalue weighted by atomic mass is 35.5. The molecule has 100 valence electrons. The molecule has 0 fully saturated rings. The van der Waals surface area contributed by atoms with E-state index in [-0.39, 0.29) is 0 Å². The van der Waals surface area contributed by atoms with E-state index in [0.29, 0.717) is 10.7 Å². The highest BCUT2D eigenvalue weighted by molar-refractivity contribution is 7.13. The van der Waals surface area contributed by atoms with Gasteiger partial charge in [0.25, 0.3) is 0 Å². The Balaban J connectivity index is 2.02. The highest BCUT2D eigenvalue weighted by Crippen LogP contribution is 2.32. The van der Waals surface area contributed by atoms with Crippen molar-refractivity contribution >= 4 is 28.6 Å². The van der Waals surface area contributed by atoms with E-state index >= 15 is 0 Å². The summed E-state index contributed by atoms with van der Waals surface area (Å²) >= 11 is 7.58. The van der Waals surface area contributed by atoms with Crippen molar-refractivity contribution in [2.45, 2.75) is 6.92 Å². The minimum absolute atomic E-state index is 0.572. The van der Waals surface area contributed by atoms with Gasteiger partial charge in [-0.2, -0.15) is 0 Å². The Morgan fingerprint density at radius 2 is 1.95 bits per heavy atom. The van der Waals surface area contributed by atoms with Gasteiger partial charge in [0.15, 0.2) is 0 Å². The Hall–Kier alpha value is -1.84. The lowest BCUT2D eigenvalue weighted by atomic mass is 10.1. The van der Waals surface area contributed by atoms with Gasteiger partial charge < -0.3 is 5.73 Å². The fraction of sp³-hybridized carbons (Fsp3) is 0.0625. The van der Waals surface area contributed by atoms with Crippen LogP contribution in [0.4, 0.5) is 5.69 Å². The monoisotopic (exact) mass is 300 g/mol. The lowest BCUT2D eigenvalue weighted by Gasteiger charge is -2.02. The van der Waals surface area contributed by atoms with Gasteiger partial charge in [-0.05, 0) is 24.6 Å². The fourth-order valence-corrected chi connectivity index (χ4v) is 3.08. The summed E-state index contributed by atoms with van der Waals surface area (Å²) in [6.07, 6.45) is 0. The SMILES string of the molecule is Cc1ccccc1-c1nc(-c2ccc(Cl)c(N)c2)cs1. The van der Waals surface area contributed by atoms with Gasteiger partial charge in [0.1, 0.15) is 5.01 Å². The molecule has 3 rings (SSSR count). The van der Waals surface area contributed by atoms with Crippen LogP contribution in [0, 0.1) is 6.92 Å². The van der Waals surface area contributed by atoms with Gasteiger partial charge in [0, 0.05) is 16.5 Å². The Morgan fingerprint density at radius 1 is 1.15 bits per heavy atom. The molecule has 2 aromatic carbocycles. The molecule has 0 saturated heterocycles. The van der Waals surface area contributed by atoms with Crippen molar-refractivity contribution in [3.05, 3.63) is 58.4 Å². The zero-order valence-corrected chi connectivity index (χ0v) is 12.5. The summed E-state index contributed by atoms with van der Waals surface area (Å²) in [6.45, 7) is 2.09. The van der Waals surface area contributed by atoms with Crippen LogP contribution in [0.3, 0.4) is 0 Å². The van der Waals surface area contributed by atoms with E-state index in [1.54, 1.807) is 17.4 Å². The first-order valence-electron chi connectivity index (χ1n) is 6.22. The summed E-state index contributed by atoms with van der Waals surface area (Å²) in [5.74, 6) is 0. The number of nitrogens with two attached hydrogens (primary N) is 1. The number of anilines is 1. The molecule has 0 atom stereocenters. The first-order chi connectivity index (χ1) is 9.65. The third kappa shape index (κ3) is 2.42. The molecule has 0 unspecified atom stereocenters. The van der Waals surface area contributed by atoms with Crippen LogP contribution in [-0.2, 0) is 0 Å². The smallest absolute Gasteiger partial charge is 0.124 e. The third-order valence-corrected chi connectivity index (χ3v) is 4.39. The highest BCUT2D eigenvalue weighted by Gasteiger charge is 2.09. The van der Waals surface area contributed by atoms with E-state index in [0.717, 1.165) is 16.3 Å². The average Bonchev–Trinajstić information content (AvgIpc) is 2.92. The van der Waals surface area contributed by atoms with Crippen molar-refractivity contribution in [1.29, 1.82) is 0 Å². The number of halogens is 1. The van der Waals surface area contributed by atoms with Crippen molar-refractivity contribution in [2.24, 2.45) is 0 Å². The molecule has 2 N–H and O–H groups in total. The molecule has 0 aliphatic rings. The maximum atomic E-state index is 5.95. The molecule has 1 aromatic heterocycles. The number of benzene rings is 2. The van der Waals surface area contributed by atoms with E-state index in [1.165, 1.54) is 11.1 Å². The van der Waals surface area contributed by atoms with E-state index in [4.69, 9.17) is 22.3 Å². The van der Waals surface area contributed by atoms with Gasteiger partial charge in [-0.3, -0.25) is 0 Å². The van der Waals surface area contributed by atoms with Gasteiger partial charge in [0.05, 0.1) is 16.4 Å². The molecule has 4 heteroatoms. The number of hydrogen-bond donors (Lipinski definition) is 1. The van der Waals surface area contributed by atoms with Crippen LogP contribution in [0.25, 0.3) is 21.8 Å². The molecular formula is C16H13ClN2S. The first-order valence-corrected chi connectivity index (χ1v) is 7.48. The van der Waals surface area contributed by atoms with E-state index in [2.05, 4.69) is 19.1 Å². The number of aromatic nitrogens is 1. The van der Waals surface area contributed by atoms with Crippen molar-refractivity contribution in [3.8, 4) is 21.8 Å². The van der Waals surface area contributed by atoms with Crippen molar-refractivity contribution < 1.29 is 0 Å². The topological polar surface area (TPSA) is 38.9 Å². The zero-order valence-electron chi connectivity index (χ0n) is 10.9. The number of hydrogen-bond acceptors (Lipinski definition) is 3. The first kappa shape index (κ1) is 13.2. The maximum absolute atomic E-state index is 5.95. The lowest BCUT2D eigenvalue weighted by molar-refractivity contribution is 1.37. The standard InChI is InChI=1S/C16H13ClN2S/c1-10-4-2-3-5-12(10)16-19-15(9-20-16)11-6-7-13(17)14(18)8-11/h2-9H,18H2,1H3. The number of nitrogen functional groups attached to an aromatic ring is 1. The second-order valence-electron chi connectivity index (χ2n) is 4.59. The Labute approximate surface area is 126 Å². The summed E-state index contributed by atoms with van der Waals surface area (Å²) in [5, 5.41) is 3.64. The Bertz CT molecular complexity index is 765. The lowest BCUT2D eigenvalue weighted by Crippen LogP contribution is -1.87. The van der Waals surface area contributed by atoms with Crippen LogP contribution in [0.5, 0.6) is 0 Å². The minimum atomic E-state index is 0.572. The number of rotatable bonds is 2. The van der Waals surface area contributed by atoms with Gasteiger partial charge >= 0.3 is 0 Å². The summed E-state index contributed by atoms with van der Waals surface area (Å²) < 4.78 is 0. The second-order valence-corrected chi connectivity index (χ2v) is 5.85. The summed E-state index contributed by atoms with van der Waals surface area (Å²) in [7, 11) is 0. The molecule has 3 aromatic rings. The predicted molar refractivity (Wildman–Crippen MR) is 87.1 cm³/mol. The molecule has 0 aliphatic heterocycles. The van der Waals surface area contributed by atoms with Crippen LogP contribution >= 0.6 is 22.9 Å². The van der Waals surface area contributed by atoms with E-state index in [9.17, 15) is 0 Å².